The lowest BCUT2D eigenvalue weighted by Gasteiger charge is -2.26. The van der Waals surface area contributed by atoms with E-state index in [1.165, 1.54) is 25.7 Å². The van der Waals surface area contributed by atoms with Gasteiger partial charge in [0.15, 0.2) is 5.58 Å². The quantitative estimate of drug-likeness (QED) is 0.181. The van der Waals surface area contributed by atoms with Crippen molar-refractivity contribution in [2.75, 3.05) is 4.90 Å². The molecule has 0 aliphatic rings. The van der Waals surface area contributed by atoms with Gasteiger partial charge >= 0.3 is 0 Å². The maximum absolute atomic E-state index is 7.01. The Labute approximate surface area is 303 Å². The van der Waals surface area contributed by atoms with Gasteiger partial charge in [-0.1, -0.05) is 127 Å². The predicted molar refractivity (Wildman–Crippen MR) is 219 cm³/mol. The first-order valence-corrected chi connectivity index (χ1v) is 18.3. The van der Waals surface area contributed by atoms with E-state index in [9.17, 15) is 0 Å². The molecule has 0 spiro atoms. The van der Waals surface area contributed by atoms with Crippen LogP contribution in [0.5, 0.6) is 0 Å². The summed E-state index contributed by atoms with van der Waals surface area (Å²) in [5.41, 5.74) is 11.0. The van der Waals surface area contributed by atoms with Crippen molar-refractivity contribution in [2.45, 2.75) is 0 Å². The van der Waals surface area contributed by atoms with Crippen LogP contribution in [-0.4, -0.2) is 0 Å². The lowest BCUT2D eigenvalue weighted by molar-refractivity contribution is 0.668. The summed E-state index contributed by atoms with van der Waals surface area (Å²) >= 11 is 1.83. The first kappa shape index (κ1) is 29.1. The van der Waals surface area contributed by atoms with Gasteiger partial charge in [-0.15, -0.1) is 11.3 Å². The highest BCUT2D eigenvalue weighted by Crippen LogP contribution is 2.50. The predicted octanol–water partition coefficient (Wildman–Crippen LogP) is 14.7. The van der Waals surface area contributed by atoms with Crippen LogP contribution in [0.3, 0.4) is 0 Å². The summed E-state index contributed by atoms with van der Waals surface area (Å²) in [5.74, 6) is 0. The van der Waals surface area contributed by atoms with E-state index in [-0.39, 0.29) is 0 Å². The molecule has 0 radical (unpaired) electrons. The van der Waals surface area contributed by atoms with Gasteiger partial charge in [0.05, 0.1) is 16.8 Å². The summed E-state index contributed by atoms with van der Waals surface area (Å²) in [7, 11) is 0. The fraction of sp³-hybridized carbons (Fsp3) is 0. The zero-order valence-corrected chi connectivity index (χ0v) is 28.7. The molecule has 11 aromatic rings. The van der Waals surface area contributed by atoms with Gasteiger partial charge < -0.3 is 13.7 Å². The lowest BCUT2D eigenvalue weighted by atomic mass is 10.0. The lowest BCUT2D eigenvalue weighted by Crippen LogP contribution is -2.10. The summed E-state index contributed by atoms with van der Waals surface area (Å²) in [6.45, 7) is 0. The Hall–Kier alpha value is -6.62. The fourth-order valence-electron chi connectivity index (χ4n) is 7.92. The van der Waals surface area contributed by atoms with Crippen molar-refractivity contribution in [1.29, 1.82) is 0 Å². The van der Waals surface area contributed by atoms with Crippen LogP contribution in [0, 0.1) is 0 Å². The molecule has 11 rings (SSSR count). The maximum atomic E-state index is 7.01. The number of nitrogens with zero attached hydrogens (tertiary/aromatic N) is 1. The summed E-state index contributed by atoms with van der Waals surface area (Å²) in [4.78, 5) is 2.35. The third-order valence-corrected chi connectivity index (χ3v) is 11.5. The second kappa shape index (κ2) is 11.5. The monoisotopic (exact) mass is 683 g/mol. The third-order valence-electron chi connectivity index (χ3n) is 10.3. The second-order valence-electron chi connectivity index (χ2n) is 13.2. The molecule has 8 aromatic carbocycles. The van der Waals surface area contributed by atoms with Crippen molar-refractivity contribution in [3.63, 3.8) is 0 Å². The van der Waals surface area contributed by atoms with Gasteiger partial charge in [-0.25, -0.2) is 0 Å². The van der Waals surface area contributed by atoms with E-state index >= 15 is 0 Å². The first-order chi connectivity index (χ1) is 25.8. The van der Waals surface area contributed by atoms with Gasteiger partial charge in [-0.2, -0.15) is 0 Å². The third kappa shape index (κ3) is 4.38. The Bertz CT molecular complexity index is 3120. The van der Waals surface area contributed by atoms with E-state index in [4.69, 9.17) is 8.83 Å². The number of hydrogen-bond acceptors (Lipinski definition) is 4. The number of fused-ring (bicyclic) bond motifs is 10. The number of para-hydroxylation sites is 2. The number of hydrogen-bond donors (Lipinski definition) is 0. The van der Waals surface area contributed by atoms with Gasteiger partial charge in [0.25, 0.3) is 0 Å². The number of anilines is 3. The van der Waals surface area contributed by atoms with Gasteiger partial charge in [-0.05, 0) is 65.2 Å². The van der Waals surface area contributed by atoms with Gasteiger partial charge in [0, 0.05) is 47.6 Å². The molecule has 0 fully saturated rings. The molecule has 0 saturated carbocycles. The molecule has 0 saturated heterocycles. The Kier molecular flexibility index (Phi) is 6.42. The molecule has 244 valence electrons. The molecule has 0 aliphatic carbocycles. The van der Waals surface area contributed by atoms with E-state index in [1.54, 1.807) is 0 Å². The van der Waals surface area contributed by atoms with E-state index < -0.39 is 0 Å². The molecule has 0 unspecified atom stereocenters. The summed E-state index contributed by atoms with van der Waals surface area (Å²) < 4.78 is 16.2. The Morgan fingerprint density at radius 1 is 0.385 bits per heavy atom. The molecular weight excluding hydrogens is 655 g/mol. The molecule has 3 nitrogen and oxygen atoms in total. The maximum Gasteiger partial charge on any atom is 0.159 e. The number of furan rings is 2. The van der Waals surface area contributed by atoms with E-state index in [1.807, 2.05) is 17.4 Å². The highest BCUT2D eigenvalue weighted by atomic mass is 32.1. The number of rotatable bonds is 5. The van der Waals surface area contributed by atoms with Crippen molar-refractivity contribution in [1.82, 2.24) is 0 Å². The molecule has 0 N–H and O–H groups in total. The van der Waals surface area contributed by atoms with Crippen LogP contribution in [0.2, 0.25) is 0 Å². The van der Waals surface area contributed by atoms with E-state index in [0.29, 0.717) is 0 Å². The molecule has 0 amide bonds. The number of thiophene rings is 1. The molecule has 4 heteroatoms. The largest absolute Gasteiger partial charge is 0.456 e. The van der Waals surface area contributed by atoms with Crippen molar-refractivity contribution >= 4 is 92.4 Å². The smallest absolute Gasteiger partial charge is 0.159 e. The average Bonchev–Trinajstić information content (AvgIpc) is 3.91. The van der Waals surface area contributed by atoms with Gasteiger partial charge in [0.1, 0.15) is 16.7 Å². The molecule has 0 aliphatic heterocycles. The van der Waals surface area contributed by atoms with Crippen LogP contribution < -0.4 is 4.90 Å². The van der Waals surface area contributed by atoms with E-state index in [0.717, 1.165) is 77.6 Å². The van der Waals surface area contributed by atoms with Gasteiger partial charge in [-0.3, -0.25) is 0 Å². The average molecular weight is 684 g/mol. The Morgan fingerprint density at radius 3 is 1.85 bits per heavy atom. The van der Waals surface area contributed by atoms with Crippen LogP contribution in [0.15, 0.2) is 185 Å². The normalized spacial score (nSPS) is 11.8. The van der Waals surface area contributed by atoms with E-state index in [2.05, 4.69) is 175 Å². The minimum Gasteiger partial charge on any atom is -0.456 e. The van der Waals surface area contributed by atoms with Crippen LogP contribution in [0.1, 0.15) is 0 Å². The molecular formula is C48H29NO2S. The van der Waals surface area contributed by atoms with Crippen molar-refractivity contribution in [3.8, 4) is 22.3 Å². The molecule has 3 aromatic heterocycles. The summed E-state index contributed by atoms with van der Waals surface area (Å²) in [6.07, 6.45) is 0. The standard InChI is InChI=1S/C48H29NO2S/c1-3-12-30(13-4-1)31-24-26-33(27-25-31)49(40-21-10-19-37-36-18-9-17-34(46(36)51-47(37)40)32-14-5-2-6-15-32)39-20-11-22-41-44(39)45-42(50-41)29-28-38-35-16-7-8-23-43(35)52-48(38)45/h1-29H. The summed E-state index contributed by atoms with van der Waals surface area (Å²) in [6, 6.07) is 62.2. The SMILES string of the molecule is c1ccc(-c2ccc(N(c3cccc4c3oc3c(-c5ccccc5)cccc34)c3cccc4oc5ccc6c7ccccc7sc6c5c34)cc2)cc1. The highest BCUT2D eigenvalue weighted by molar-refractivity contribution is 7.26. The topological polar surface area (TPSA) is 29.5 Å². The first-order valence-electron chi connectivity index (χ1n) is 17.5. The Balaban J connectivity index is 1.22. The second-order valence-corrected chi connectivity index (χ2v) is 14.3. The van der Waals surface area contributed by atoms with Crippen LogP contribution in [-0.2, 0) is 0 Å². The Morgan fingerprint density at radius 2 is 1.02 bits per heavy atom. The molecule has 3 heterocycles. The van der Waals surface area contributed by atoms with Crippen molar-refractivity contribution < 1.29 is 8.83 Å². The highest BCUT2D eigenvalue weighted by Gasteiger charge is 2.25. The number of benzene rings is 8. The van der Waals surface area contributed by atoms with Crippen LogP contribution in [0.4, 0.5) is 17.1 Å². The summed E-state index contributed by atoms with van der Waals surface area (Å²) in [5, 5.41) is 6.91. The van der Waals surface area contributed by atoms with Crippen LogP contribution in [0.25, 0.3) is 86.3 Å². The van der Waals surface area contributed by atoms with Crippen LogP contribution >= 0.6 is 11.3 Å². The van der Waals surface area contributed by atoms with Crippen molar-refractivity contribution in [3.05, 3.63) is 176 Å². The molecule has 0 atom stereocenters. The van der Waals surface area contributed by atoms with Gasteiger partial charge in [0.2, 0.25) is 0 Å². The molecule has 52 heavy (non-hydrogen) atoms. The van der Waals surface area contributed by atoms with Crippen molar-refractivity contribution in [2.24, 2.45) is 0 Å². The minimum atomic E-state index is 0.838. The fourth-order valence-corrected chi connectivity index (χ4v) is 9.17. The zero-order chi connectivity index (χ0) is 34.2. The minimum absolute atomic E-state index is 0.838. The molecule has 0 bridgehead atoms. The zero-order valence-electron chi connectivity index (χ0n) is 27.9.